The molecule has 0 spiro atoms. The van der Waals surface area contributed by atoms with E-state index in [9.17, 15) is 9.90 Å². The number of hydrogen-bond acceptors (Lipinski definition) is 5. The molecule has 3 rings (SSSR count). The maximum absolute atomic E-state index is 11.5. The number of rotatable bonds is 6. The van der Waals surface area contributed by atoms with E-state index in [1.807, 2.05) is 37.3 Å². The van der Waals surface area contributed by atoms with E-state index in [0.29, 0.717) is 11.3 Å². The summed E-state index contributed by atoms with van der Waals surface area (Å²) in [5.74, 6) is -0.916. The first kappa shape index (κ1) is 17.6. The van der Waals surface area contributed by atoms with Crippen molar-refractivity contribution in [2.75, 3.05) is 18.0 Å². The lowest BCUT2D eigenvalue weighted by atomic mass is 10.2. The summed E-state index contributed by atoms with van der Waals surface area (Å²) in [5, 5.41) is 17.8. The van der Waals surface area contributed by atoms with Gasteiger partial charge in [-0.25, -0.2) is 9.78 Å². The van der Waals surface area contributed by atoms with Crippen molar-refractivity contribution in [3.8, 4) is 0 Å². The second-order valence-corrected chi connectivity index (χ2v) is 5.91. The van der Waals surface area contributed by atoms with Gasteiger partial charge in [0.25, 0.3) is 0 Å². The van der Waals surface area contributed by atoms with Gasteiger partial charge < -0.3 is 10.0 Å². The van der Waals surface area contributed by atoms with Crippen LogP contribution in [0.5, 0.6) is 0 Å². The van der Waals surface area contributed by atoms with Crippen LogP contribution >= 0.6 is 0 Å². The van der Waals surface area contributed by atoms with E-state index in [-0.39, 0.29) is 11.5 Å². The number of aromatic nitrogens is 2. The molecular weight excluding hydrogens is 330 g/mol. The molecule has 134 valence electrons. The third kappa shape index (κ3) is 3.42. The fourth-order valence-electron chi connectivity index (χ4n) is 2.80. The second-order valence-electron chi connectivity index (χ2n) is 5.91. The topological polar surface area (TPSA) is 82.6 Å². The Morgan fingerprint density at radius 1 is 1.12 bits per heavy atom. The van der Waals surface area contributed by atoms with E-state index in [4.69, 9.17) is 0 Å². The normalized spacial score (nSPS) is 11.3. The van der Waals surface area contributed by atoms with Gasteiger partial charge in [-0.15, -0.1) is 10.2 Å². The van der Waals surface area contributed by atoms with Gasteiger partial charge in [-0.3, -0.25) is 4.40 Å². The quantitative estimate of drug-likeness (QED) is 0.658. The van der Waals surface area contributed by atoms with Gasteiger partial charge in [-0.1, -0.05) is 6.07 Å². The molecule has 0 bridgehead atoms. The van der Waals surface area contributed by atoms with Crippen LogP contribution in [0.3, 0.4) is 0 Å². The van der Waals surface area contributed by atoms with Crippen molar-refractivity contribution in [3.05, 3.63) is 53.9 Å². The van der Waals surface area contributed by atoms with Crippen molar-refractivity contribution in [1.82, 2.24) is 9.38 Å². The molecule has 1 aromatic carbocycles. The largest absolute Gasteiger partial charge is 0.476 e. The number of aromatic carboxylic acids is 1. The third-order valence-corrected chi connectivity index (χ3v) is 4.18. The van der Waals surface area contributed by atoms with Gasteiger partial charge >= 0.3 is 5.97 Å². The van der Waals surface area contributed by atoms with Crippen molar-refractivity contribution >= 4 is 28.8 Å². The molecule has 0 radical (unpaired) electrons. The smallest absolute Gasteiger partial charge is 0.358 e. The van der Waals surface area contributed by atoms with Crippen LogP contribution in [0.1, 0.15) is 29.9 Å². The van der Waals surface area contributed by atoms with Crippen LogP contribution in [-0.4, -0.2) is 33.6 Å². The Morgan fingerprint density at radius 3 is 2.42 bits per heavy atom. The number of anilines is 1. The summed E-state index contributed by atoms with van der Waals surface area (Å²) in [6.07, 6.45) is 1.80. The fourth-order valence-corrected chi connectivity index (χ4v) is 2.80. The molecule has 0 aliphatic carbocycles. The van der Waals surface area contributed by atoms with Crippen LogP contribution in [-0.2, 0) is 0 Å². The van der Waals surface area contributed by atoms with Crippen molar-refractivity contribution in [2.45, 2.75) is 20.8 Å². The SMILES string of the molecule is CCN(CC)c1ccc(N=Nc2c(C(=O)O)nc3ccc(C)cn23)cc1. The van der Waals surface area contributed by atoms with E-state index in [2.05, 4.69) is 34.0 Å². The first-order valence-electron chi connectivity index (χ1n) is 8.52. The molecular formula is C19H21N5O2. The maximum atomic E-state index is 11.5. The maximum Gasteiger partial charge on any atom is 0.358 e. The molecule has 2 aromatic heterocycles. The predicted octanol–water partition coefficient (Wildman–Crippen LogP) is 4.60. The molecule has 0 saturated heterocycles. The number of carbonyl (C=O) groups is 1. The summed E-state index contributed by atoms with van der Waals surface area (Å²) in [7, 11) is 0. The summed E-state index contributed by atoms with van der Waals surface area (Å²) in [4.78, 5) is 17.9. The van der Waals surface area contributed by atoms with Gasteiger partial charge in [0, 0.05) is 25.0 Å². The molecule has 7 heteroatoms. The molecule has 0 amide bonds. The van der Waals surface area contributed by atoms with Crippen molar-refractivity contribution in [1.29, 1.82) is 0 Å². The number of nitrogens with zero attached hydrogens (tertiary/aromatic N) is 5. The van der Waals surface area contributed by atoms with Crippen molar-refractivity contribution in [3.63, 3.8) is 0 Å². The first-order chi connectivity index (χ1) is 12.5. The zero-order valence-corrected chi connectivity index (χ0v) is 15.0. The third-order valence-electron chi connectivity index (χ3n) is 4.18. The van der Waals surface area contributed by atoms with Crippen molar-refractivity contribution < 1.29 is 9.90 Å². The van der Waals surface area contributed by atoms with E-state index in [1.54, 1.807) is 16.7 Å². The highest BCUT2D eigenvalue weighted by Crippen LogP contribution is 2.26. The second kappa shape index (κ2) is 7.35. The van der Waals surface area contributed by atoms with Crippen LogP contribution in [0.15, 0.2) is 52.8 Å². The molecule has 0 atom stereocenters. The number of fused-ring (bicyclic) bond motifs is 1. The molecule has 0 aliphatic heterocycles. The Labute approximate surface area is 151 Å². The molecule has 1 N–H and O–H groups in total. The van der Waals surface area contributed by atoms with Crippen LogP contribution in [0.25, 0.3) is 5.65 Å². The number of imidazole rings is 1. The van der Waals surface area contributed by atoms with Crippen LogP contribution in [0.2, 0.25) is 0 Å². The number of hydrogen-bond donors (Lipinski definition) is 1. The van der Waals surface area contributed by atoms with Crippen LogP contribution in [0, 0.1) is 6.92 Å². The lowest BCUT2D eigenvalue weighted by molar-refractivity contribution is 0.0692. The Hall–Kier alpha value is -3.22. The lowest BCUT2D eigenvalue weighted by Gasteiger charge is -2.20. The van der Waals surface area contributed by atoms with Gasteiger partial charge in [-0.2, -0.15) is 0 Å². The zero-order chi connectivity index (χ0) is 18.7. The molecule has 2 heterocycles. The number of azo groups is 1. The van der Waals surface area contributed by atoms with Crippen molar-refractivity contribution in [2.24, 2.45) is 10.2 Å². The minimum atomic E-state index is -1.13. The Kier molecular flexibility index (Phi) is 4.97. The van der Waals surface area contributed by atoms with Gasteiger partial charge in [0.05, 0.1) is 5.69 Å². The first-order valence-corrected chi connectivity index (χ1v) is 8.52. The fraction of sp³-hybridized carbons (Fsp3) is 0.263. The highest BCUT2D eigenvalue weighted by atomic mass is 16.4. The number of carboxylic acids is 1. The standard InChI is InChI=1S/C19H21N5O2/c1-4-23(5-2)15-9-7-14(8-10-15)21-22-18-17(19(25)26)20-16-11-6-13(3)12-24(16)18/h6-12H,4-5H2,1-3H3,(H,25,26). The molecule has 0 aliphatic rings. The summed E-state index contributed by atoms with van der Waals surface area (Å²) >= 11 is 0. The van der Waals surface area contributed by atoms with E-state index >= 15 is 0 Å². The molecule has 3 aromatic rings. The molecule has 26 heavy (non-hydrogen) atoms. The zero-order valence-electron chi connectivity index (χ0n) is 15.0. The number of pyridine rings is 1. The van der Waals surface area contributed by atoms with Crippen LogP contribution < -0.4 is 4.90 Å². The summed E-state index contributed by atoms with van der Waals surface area (Å²) in [5.41, 5.74) is 3.16. The highest BCUT2D eigenvalue weighted by Gasteiger charge is 2.18. The molecule has 0 unspecified atom stereocenters. The summed E-state index contributed by atoms with van der Waals surface area (Å²) in [6, 6.07) is 11.3. The number of carboxylic acid groups (broad SMARTS) is 1. The Morgan fingerprint density at radius 2 is 1.81 bits per heavy atom. The minimum absolute atomic E-state index is 0.112. The molecule has 7 nitrogen and oxygen atoms in total. The van der Waals surface area contributed by atoms with Gasteiger partial charge in [0.1, 0.15) is 5.65 Å². The molecule has 0 fully saturated rings. The predicted molar refractivity (Wildman–Crippen MR) is 101 cm³/mol. The van der Waals surface area contributed by atoms with E-state index < -0.39 is 5.97 Å². The van der Waals surface area contributed by atoms with Crippen LogP contribution in [0.4, 0.5) is 17.2 Å². The summed E-state index contributed by atoms with van der Waals surface area (Å²) in [6.45, 7) is 8.00. The Bertz CT molecular complexity index is 956. The van der Waals surface area contributed by atoms with Gasteiger partial charge in [0.15, 0.2) is 11.5 Å². The summed E-state index contributed by atoms with van der Waals surface area (Å²) < 4.78 is 1.65. The number of aryl methyl sites for hydroxylation is 1. The minimum Gasteiger partial charge on any atom is -0.476 e. The Balaban J connectivity index is 1.96. The average molecular weight is 351 g/mol. The molecule has 0 saturated carbocycles. The lowest BCUT2D eigenvalue weighted by Crippen LogP contribution is -2.21. The van der Waals surface area contributed by atoms with E-state index in [0.717, 1.165) is 24.3 Å². The van der Waals surface area contributed by atoms with E-state index in [1.165, 1.54) is 0 Å². The van der Waals surface area contributed by atoms with Gasteiger partial charge in [0.2, 0.25) is 0 Å². The number of benzene rings is 1. The monoisotopic (exact) mass is 351 g/mol. The van der Waals surface area contributed by atoms with Gasteiger partial charge in [-0.05, 0) is 56.7 Å². The highest BCUT2D eigenvalue weighted by molar-refractivity contribution is 5.91. The average Bonchev–Trinajstić information content (AvgIpc) is 3.00.